The third kappa shape index (κ3) is 3.38. The summed E-state index contributed by atoms with van der Waals surface area (Å²) >= 11 is 0. The van der Waals surface area contributed by atoms with Crippen molar-refractivity contribution in [3.05, 3.63) is 71.3 Å². The van der Waals surface area contributed by atoms with Gasteiger partial charge < -0.3 is 5.32 Å². The monoisotopic (exact) mass is 350 g/mol. The lowest BCUT2D eigenvalue weighted by molar-refractivity contribution is -0.125. The number of rotatable bonds is 6. The maximum atomic E-state index is 12.9. The van der Waals surface area contributed by atoms with Gasteiger partial charge >= 0.3 is 0 Å². The molecule has 5 nitrogen and oxygen atoms in total. The summed E-state index contributed by atoms with van der Waals surface area (Å²) in [6, 6.07) is 15.2. The van der Waals surface area contributed by atoms with Crippen LogP contribution in [0.1, 0.15) is 46.5 Å². The van der Waals surface area contributed by atoms with E-state index in [1.54, 1.807) is 24.3 Å². The average Bonchev–Trinajstić information content (AvgIpc) is 2.91. The third-order valence-electron chi connectivity index (χ3n) is 4.71. The summed E-state index contributed by atoms with van der Waals surface area (Å²) in [4.78, 5) is 39.6. The average molecular weight is 350 g/mol. The molecule has 0 bridgehead atoms. The van der Waals surface area contributed by atoms with E-state index in [0.29, 0.717) is 11.1 Å². The molecule has 0 fully saturated rings. The maximum Gasteiger partial charge on any atom is 0.262 e. The minimum absolute atomic E-state index is 0.0315. The van der Waals surface area contributed by atoms with Crippen LogP contribution in [0.4, 0.5) is 0 Å². The Kier molecular flexibility index (Phi) is 5.16. The zero-order valence-corrected chi connectivity index (χ0v) is 14.9. The smallest absolute Gasteiger partial charge is 0.262 e. The number of benzene rings is 2. The first-order valence-corrected chi connectivity index (χ1v) is 8.84. The summed E-state index contributed by atoms with van der Waals surface area (Å²) < 4.78 is 0. The van der Waals surface area contributed by atoms with Gasteiger partial charge in [-0.15, -0.1) is 0 Å². The van der Waals surface area contributed by atoms with Crippen molar-refractivity contribution >= 4 is 17.7 Å². The van der Waals surface area contributed by atoms with Crippen LogP contribution in [0.15, 0.2) is 54.6 Å². The molecular weight excluding hydrogens is 328 g/mol. The summed E-state index contributed by atoms with van der Waals surface area (Å²) in [7, 11) is 0. The van der Waals surface area contributed by atoms with Crippen LogP contribution in [0.3, 0.4) is 0 Å². The van der Waals surface area contributed by atoms with E-state index in [4.69, 9.17) is 0 Å². The molecule has 0 unspecified atom stereocenters. The molecule has 0 spiro atoms. The predicted octanol–water partition coefficient (Wildman–Crippen LogP) is 2.81. The summed E-state index contributed by atoms with van der Waals surface area (Å²) in [5.74, 6) is -1.13. The highest BCUT2D eigenvalue weighted by Gasteiger charge is 2.42. The Hall–Kier alpha value is -2.95. The molecule has 2 atom stereocenters. The van der Waals surface area contributed by atoms with Crippen LogP contribution in [-0.4, -0.2) is 34.7 Å². The molecule has 1 N–H and O–H groups in total. The molecule has 134 valence electrons. The van der Waals surface area contributed by atoms with E-state index in [0.717, 1.165) is 16.9 Å². The van der Waals surface area contributed by atoms with Gasteiger partial charge in [0, 0.05) is 12.5 Å². The molecule has 3 amide bonds. The summed E-state index contributed by atoms with van der Waals surface area (Å²) in [5.41, 5.74) is 1.60. The molecule has 0 aromatic heterocycles. The number of carbonyl (C=O) groups excluding carboxylic acids is 3. The van der Waals surface area contributed by atoms with Crippen molar-refractivity contribution in [3.63, 3.8) is 0 Å². The van der Waals surface area contributed by atoms with Crippen molar-refractivity contribution in [1.82, 2.24) is 10.2 Å². The van der Waals surface area contributed by atoms with Crippen molar-refractivity contribution in [1.29, 1.82) is 0 Å². The zero-order chi connectivity index (χ0) is 18.7. The summed E-state index contributed by atoms with van der Waals surface area (Å²) in [6.07, 6.45) is 1.06. The molecule has 2 aromatic carbocycles. The Labute approximate surface area is 153 Å². The molecule has 1 aliphatic rings. The summed E-state index contributed by atoms with van der Waals surface area (Å²) in [6.45, 7) is 3.87. The van der Waals surface area contributed by atoms with E-state index < -0.39 is 17.9 Å². The van der Waals surface area contributed by atoms with E-state index in [1.165, 1.54) is 0 Å². The molecular formula is C21H22N2O3. The lowest BCUT2D eigenvalue weighted by Crippen LogP contribution is -2.52. The zero-order valence-electron chi connectivity index (χ0n) is 14.9. The van der Waals surface area contributed by atoms with Crippen molar-refractivity contribution < 1.29 is 14.4 Å². The largest absolute Gasteiger partial charge is 0.352 e. The van der Waals surface area contributed by atoms with Crippen LogP contribution in [0.25, 0.3) is 0 Å². The third-order valence-corrected chi connectivity index (χ3v) is 4.71. The van der Waals surface area contributed by atoms with Crippen molar-refractivity contribution in [2.45, 2.75) is 38.8 Å². The van der Waals surface area contributed by atoms with Crippen LogP contribution in [-0.2, 0) is 11.2 Å². The Bertz CT molecular complexity index is 797. The number of carbonyl (C=O) groups is 3. The van der Waals surface area contributed by atoms with E-state index in [2.05, 4.69) is 5.32 Å². The quantitative estimate of drug-likeness (QED) is 0.815. The molecule has 5 heteroatoms. The molecule has 26 heavy (non-hydrogen) atoms. The Morgan fingerprint density at radius 1 is 0.962 bits per heavy atom. The minimum atomic E-state index is -0.876. The van der Waals surface area contributed by atoms with Crippen LogP contribution in [0.2, 0.25) is 0 Å². The first-order chi connectivity index (χ1) is 12.5. The second-order valence-electron chi connectivity index (χ2n) is 6.55. The van der Waals surface area contributed by atoms with E-state index in [1.807, 2.05) is 44.2 Å². The molecule has 2 aromatic rings. The van der Waals surface area contributed by atoms with Crippen LogP contribution < -0.4 is 5.32 Å². The van der Waals surface area contributed by atoms with Crippen molar-refractivity contribution in [3.8, 4) is 0 Å². The summed E-state index contributed by atoms with van der Waals surface area (Å²) in [5, 5.41) is 2.91. The number of nitrogens with zero attached hydrogens (tertiary/aromatic N) is 1. The lowest BCUT2D eigenvalue weighted by atomic mass is 10.0. The molecule has 0 saturated carbocycles. The van der Waals surface area contributed by atoms with E-state index in [9.17, 15) is 14.4 Å². The van der Waals surface area contributed by atoms with Crippen molar-refractivity contribution in [2.75, 3.05) is 0 Å². The number of amides is 3. The van der Waals surface area contributed by atoms with Gasteiger partial charge in [0.05, 0.1) is 11.1 Å². The molecule has 1 heterocycles. The van der Waals surface area contributed by atoms with Crippen LogP contribution >= 0.6 is 0 Å². The SMILES string of the molecule is CC[C@@H](C)NC(=O)[C@@H](Cc1ccccc1)N1C(=O)c2ccccc2C1=O. The highest BCUT2D eigenvalue weighted by molar-refractivity contribution is 6.22. The highest BCUT2D eigenvalue weighted by Crippen LogP contribution is 2.26. The van der Waals surface area contributed by atoms with Gasteiger partial charge in [0.2, 0.25) is 5.91 Å². The van der Waals surface area contributed by atoms with Gasteiger partial charge in [0.1, 0.15) is 6.04 Å². The fraction of sp³-hybridized carbons (Fsp3) is 0.286. The maximum absolute atomic E-state index is 12.9. The number of hydrogen-bond acceptors (Lipinski definition) is 3. The highest BCUT2D eigenvalue weighted by atomic mass is 16.2. The Balaban J connectivity index is 1.94. The topological polar surface area (TPSA) is 66.5 Å². The van der Waals surface area contributed by atoms with Gasteiger partial charge in [-0.05, 0) is 31.0 Å². The van der Waals surface area contributed by atoms with Gasteiger partial charge in [-0.1, -0.05) is 49.4 Å². The van der Waals surface area contributed by atoms with Gasteiger partial charge in [0.25, 0.3) is 11.8 Å². The molecule has 0 saturated heterocycles. The minimum Gasteiger partial charge on any atom is -0.352 e. The van der Waals surface area contributed by atoms with Gasteiger partial charge in [-0.2, -0.15) is 0 Å². The first kappa shape index (κ1) is 17.9. The molecule has 0 radical (unpaired) electrons. The second-order valence-corrected chi connectivity index (χ2v) is 6.55. The number of imide groups is 1. The van der Waals surface area contributed by atoms with E-state index in [-0.39, 0.29) is 18.4 Å². The Morgan fingerprint density at radius 2 is 1.50 bits per heavy atom. The second kappa shape index (κ2) is 7.52. The number of fused-ring (bicyclic) bond motifs is 1. The number of nitrogens with one attached hydrogen (secondary N) is 1. The molecule has 0 aliphatic carbocycles. The predicted molar refractivity (Wildman–Crippen MR) is 98.8 cm³/mol. The van der Waals surface area contributed by atoms with Crippen LogP contribution in [0, 0.1) is 0 Å². The molecule has 3 rings (SSSR count). The first-order valence-electron chi connectivity index (χ1n) is 8.84. The lowest BCUT2D eigenvalue weighted by Gasteiger charge is -2.27. The standard InChI is InChI=1S/C21H22N2O3/c1-3-14(2)22-19(24)18(13-15-9-5-4-6-10-15)23-20(25)16-11-7-8-12-17(16)21(23)26/h4-12,14,18H,3,13H2,1-2H3,(H,22,24)/t14-,18-/m1/s1. The fourth-order valence-electron chi connectivity index (χ4n) is 3.07. The normalized spacial score (nSPS) is 15.5. The molecule has 1 aliphatic heterocycles. The van der Waals surface area contributed by atoms with Crippen molar-refractivity contribution in [2.24, 2.45) is 0 Å². The van der Waals surface area contributed by atoms with Gasteiger partial charge in [-0.3, -0.25) is 19.3 Å². The van der Waals surface area contributed by atoms with Crippen LogP contribution in [0.5, 0.6) is 0 Å². The number of hydrogen-bond donors (Lipinski definition) is 1. The van der Waals surface area contributed by atoms with Gasteiger partial charge in [-0.25, -0.2) is 0 Å². The fourth-order valence-corrected chi connectivity index (χ4v) is 3.07. The van der Waals surface area contributed by atoms with E-state index >= 15 is 0 Å². The van der Waals surface area contributed by atoms with Gasteiger partial charge in [0.15, 0.2) is 0 Å². The Morgan fingerprint density at radius 3 is 2.04 bits per heavy atom.